The molecule has 0 saturated heterocycles. The topological polar surface area (TPSA) is 64.7 Å². The predicted molar refractivity (Wildman–Crippen MR) is 83.3 cm³/mol. The predicted octanol–water partition coefficient (Wildman–Crippen LogP) is 4.02. The molecule has 5 nitrogen and oxygen atoms in total. The second-order valence-corrected chi connectivity index (χ2v) is 4.15. The van der Waals surface area contributed by atoms with Crippen molar-refractivity contribution < 1.29 is 9.66 Å². The van der Waals surface area contributed by atoms with Crippen LogP contribution in [0.4, 0.5) is 11.4 Å². The maximum atomic E-state index is 10.9. The van der Waals surface area contributed by atoms with Crippen LogP contribution in [0.25, 0.3) is 6.08 Å². The number of methoxy groups -OCH3 is 1. The smallest absolute Gasteiger partial charge is 0.276 e. The van der Waals surface area contributed by atoms with E-state index in [9.17, 15) is 10.1 Å². The van der Waals surface area contributed by atoms with Gasteiger partial charge in [-0.05, 0) is 42.5 Å². The lowest BCUT2D eigenvalue weighted by atomic mass is 10.1. The van der Waals surface area contributed by atoms with Crippen molar-refractivity contribution >= 4 is 23.7 Å². The first-order valence-corrected chi connectivity index (χ1v) is 6.29. The fourth-order valence-corrected chi connectivity index (χ4v) is 1.74. The minimum absolute atomic E-state index is 0.0756. The Morgan fingerprint density at radius 2 is 1.86 bits per heavy atom. The van der Waals surface area contributed by atoms with E-state index < -0.39 is 4.92 Å². The fourth-order valence-electron chi connectivity index (χ4n) is 1.74. The van der Waals surface area contributed by atoms with Crippen molar-refractivity contribution in [2.75, 3.05) is 7.11 Å². The van der Waals surface area contributed by atoms with E-state index in [2.05, 4.69) is 4.99 Å². The summed E-state index contributed by atoms with van der Waals surface area (Å²) in [6, 6.07) is 13.9. The SMILES string of the molecule is COc1ccc(/N=C/C=C/c2ccccc2[N+](=O)[O-])cc1. The number of para-hydroxylation sites is 1. The summed E-state index contributed by atoms with van der Waals surface area (Å²) in [4.78, 5) is 14.7. The molecule has 0 aliphatic heterocycles. The molecule has 2 rings (SSSR count). The van der Waals surface area contributed by atoms with E-state index >= 15 is 0 Å². The van der Waals surface area contributed by atoms with Gasteiger partial charge in [-0.25, -0.2) is 0 Å². The van der Waals surface area contributed by atoms with Crippen LogP contribution in [0.15, 0.2) is 59.6 Å². The van der Waals surface area contributed by atoms with Gasteiger partial charge in [0, 0.05) is 12.3 Å². The highest BCUT2D eigenvalue weighted by molar-refractivity contribution is 5.81. The lowest BCUT2D eigenvalue weighted by Crippen LogP contribution is -1.90. The van der Waals surface area contributed by atoms with Gasteiger partial charge in [-0.2, -0.15) is 0 Å². The van der Waals surface area contributed by atoms with Crippen LogP contribution in [-0.2, 0) is 0 Å². The molecule has 0 fully saturated rings. The molecule has 0 radical (unpaired) electrons. The molecule has 2 aromatic carbocycles. The standard InChI is InChI=1S/C16H14N2O3/c1-21-15-10-8-14(9-11-15)17-12-4-6-13-5-2-3-7-16(13)18(19)20/h2-12H,1H3/b6-4+,17-12+. The molecular weight excluding hydrogens is 268 g/mol. The molecule has 106 valence electrons. The number of ether oxygens (including phenoxy) is 1. The quantitative estimate of drug-likeness (QED) is 0.472. The average Bonchev–Trinajstić information content (AvgIpc) is 2.52. The molecule has 0 heterocycles. The zero-order chi connectivity index (χ0) is 15.1. The molecular formula is C16H14N2O3. The summed E-state index contributed by atoms with van der Waals surface area (Å²) in [7, 11) is 1.60. The van der Waals surface area contributed by atoms with Gasteiger partial charge in [0.15, 0.2) is 0 Å². The lowest BCUT2D eigenvalue weighted by Gasteiger charge is -1.98. The van der Waals surface area contributed by atoms with Crippen LogP contribution in [0.1, 0.15) is 5.56 Å². The highest BCUT2D eigenvalue weighted by atomic mass is 16.6. The van der Waals surface area contributed by atoms with E-state index in [1.165, 1.54) is 6.07 Å². The molecule has 0 N–H and O–H groups in total. The monoisotopic (exact) mass is 282 g/mol. The lowest BCUT2D eigenvalue weighted by molar-refractivity contribution is -0.385. The largest absolute Gasteiger partial charge is 0.497 e. The zero-order valence-corrected chi connectivity index (χ0v) is 11.5. The molecule has 0 aliphatic rings. The van der Waals surface area contributed by atoms with Crippen molar-refractivity contribution in [1.82, 2.24) is 0 Å². The first-order valence-electron chi connectivity index (χ1n) is 6.29. The van der Waals surface area contributed by atoms with Crippen molar-refractivity contribution in [3.8, 4) is 5.75 Å². The molecule has 21 heavy (non-hydrogen) atoms. The maximum Gasteiger partial charge on any atom is 0.276 e. The third-order valence-electron chi connectivity index (χ3n) is 2.79. The number of nitrogens with zero attached hydrogens (tertiary/aromatic N) is 2. The van der Waals surface area contributed by atoms with Crippen molar-refractivity contribution in [1.29, 1.82) is 0 Å². The third-order valence-corrected chi connectivity index (χ3v) is 2.79. The minimum Gasteiger partial charge on any atom is -0.497 e. The molecule has 0 bridgehead atoms. The highest BCUT2D eigenvalue weighted by Gasteiger charge is 2.08. The average molecular weight is 282 g/mol. The van der Waals surface area contributed by atoms with Crippen LogP contribution in [-0.4, -0.2) is 18.2 Å². The van der Waals surface area contributed by atoms with Crippen molar-refractivity contribution in [3.05, 3.63) is 70.3 Å². The van der Waals surface area contributed by atoms with Gasteiger partial charge in [-0.1, -0.05) is 12.1 Å². The second-order valence-electron chi connectivity index (χ2n) is 4.15. The number of aliphatic imine (C=N–C) groups is 1. The van der Waals surface area contributed by atoms with E-state index in [4.69, 9.17) is 4.74 Å². The fraction of sp³-hybridized carbons (Fsp3) is 0.0625. The Morgan fingerprint density at radius 1 is 1.14 bits per heavy atom. The van der Waals surface area contributed by atoms with E-state index in [0.29, 0.717) is 5.56 Å². The van der Waals surface area contributed by atoms with Gasteiger partial charge >= 0.3 is 0 Å². The molecule has 5 heteroatoms. The van der Waals surface area contributed by atoms with Crippen molar-refractivity contribution in [2.45, 2.75) is 0 Å². The van der Waals surface area contributed by atoms with Crippen molar-refractivity contribution in [3.63, 3.8) is 0 Å². The number of hydrogen-bond donors (Lipinski definition) is 0. The summed E-state index contributed by atoms with van der Waals surface area (Å²) in [6.45, 7) is 0. The number of rotatable bonds is 5. The van der Waals surface area contributed by atoms with Crippen molar-refractivity contribution in [2.24, 2.45) is 4.99 Å². The molecule has 0 saturated carbocycles. The molecule has 0 unspecified atom stereocenters. The van der Waals surface area contributed by atoms with Crippen LogP contribution in [0.2, 0.25) is 0 Å². The summed E-state index contributed by atoms with van der Waals surface area (Å²) in [6.07, 6.45) is 4.93. The van der Waals surface area contributed by atoms with Crippen LogP contribution < -0.4 is 4.74 Å². The number of nitro benzene ring substituents is 1. The summed E-state index contributed by atoms with van der Waals surface area (Å²) in [5.74, 6) is 0.768. The van der Waals surface area contributed by atoms with E-state index in [1.54, 1.807) is 43.7 Å². The van der Waals surface area contributed by atoms with Gasteiger partial charge in [0.05, 0.1) is 23.3 Å². The number of hydrogen-bond acceptors (Lipinski definition) is 4. The van der Waals surface area contributed by atoms with Gasteiger partial charge < -0.3 is 4.74 Å². The first kappa shape index (κ1) is 14.5. The van der Waals surface area contributed by atoms with Gasteiger partial charge in [0.1, 0.15) is 5.75 Å². The molecule has 0 amide bonds. The molecule has 0 spiro atoms. The molecule has 2 aromatic rings. The Labute approximate surface area is 122 Å². The minimum atomic E-state index is -0.402. The summed E-state index contributed by atoms with van der Waals surface area (Å²) in [5.41, 5.74) is 1.40. The Kier molecular flexibility index (Phi) is 4.82. The highest BCUT2D eigenvalue weighted by Crippen LogP contribution is 2.19. The number of allylic oxidation sites excluding steroid dienone is 1. The van der Waals surface area contributed by atoms with Crippen LogP contribution in [0.5, 0.6) is 5.75 Å². The van der Waals surface area contributed by atoms with E-state index in [1.807, 2.05) is 24.3 Å². The third kappa shape index (κ3) is 4.01. The molecule has 0 aromatic heterocycles. The van der Waals surface area contributed by atoms with Gasteiger partial charge in [-0.3, -0.25) is 15.1 Å². The van der Waals surface area contributed by atoms with Crippen LogP contribution >= 0.6 is 0 Å². The molecule has 0 aliphatic carbocycles. The summed E-state index contributed by atoms with van der Waals surface area (Å²) >= 11 is 0. The van der Waals surface area contributed by atoms with Gasteiger partial charge in [0.2, 0.25) is 0 Å². The Balaban J connectivity index is 2.08. The molecule has 0 atom stereocenters. The van der Waals surface area contributed by atoms with Gasteiger partial charge in [0.25, 0.3) is 5.69 Å². The second kappa shape index (κ2) is 7.00. The Bertz CT molecular complexity index is 676. The summed E-state index contributed by atoms with van der Waals surface area (Å²) in [5, 5.41) is 10.9. The van der Waals surface area contributed by atoms with E-state index in [-0.39, 0.29) is 5.69 Å². The Hall–Kier alpha value is -2.95. The maximum absolute atomic E-state index is 10.9. The van der Waals surface area contributed by atoms with Gasteiger partial charge in [-0.15, -0.1) is 0 Å². The number of benzene rings is 2. The van der Waals surface area contributed by atoms with E-state index in [0.717, 1.165) is 11.4 Å². The number of nitro groups is 1. The Morgan fingerprint density at radius 3 is 2.52 bits per heavy atom. The van der Waals surface area contributed by atoms with Crippen LogP contribution in [0.3, 0.4) is 0 Å². The normalized spacial score (nSPS) is 11.1. The first-order chi connectivity index (χ1) is 10.2. The summed E-state index contributed by atoms with van der Waals surface area (Å²) < 4.78 is 5.06. The zero-order valence-electron chi connectivity index (χ0n) is 11.5. The van der Waals surface area contributed by atoms with Crippen LogP contribution in [0, 0.1) is 10.1 Å².